The van der Waals surface area contributed by atoms with E-state index < -0.39 is 0 Å². The van der Waals surface area contributed by atoms with E-state index in [4.69, 9.17) is 0 Å². The Kier molecular flexibility index (Phi) is 5.25. The summed E-state index contributed by atoms with van der Waals surface area (Å²) in [5.74, 6) is 0.771. The Labute approximate surface area is 180 Å². The van der Waals surface area contributed by atoms with Gasteiger partial charge in [-0.05, 0) is 18.2 Å². The van der Waals surface area contributed by atoms with E-state index in [2.05, 4.69) is 54.2 Å². The van der Waals surface area contributed by atoms with Crippen molar-refractivity contribution >= 4 is 33.8 Å². The number of nitro groups is 1. The van der Waals surface area contributed by atoms with Crippen molar-refractivity contribution in [2.45, 2.75) is 0 Å². The van der Waals surface area contributed by atoms with Crippen LogP contribution >= 0.6 is 0 Å². The summed E-state index contributed by atoms with van der Waals surface area (Å²) in [6.07, 6.45) is 1.56. The van der Waals surface area contributed by atoms with Crippen molar-refractivity contribution in [1.82, 2.24) is 15.3 Å². The number of fused-ring (bicyclic) bond motifs is 1. The molecule has 9 heteroatoms. The van der Waals surface area contributed by atoms with Gasteiger partial charge < -0.3 is 20.0 Å². The third kappa shape index (κ3) is 3.84. The maximum absolute atomic E-state index is 11.9. The van der Waals surface area contributed by atoms with Gasteiger partial charge in [-0.3, -0.25) is 10.1 Å². The van der Waals surface area contributed by atoms with Crippen LogP contribution in [0.2, 0.25) is 0 Å². The predicted octanol–water partition coefficient (Wildman–Crippen LogP) is 2.27. The van der Waals surface area contributed by atoms with E-state index in [1.54, 1.807) is 12.4 Å². The maximum Gasteiger partial charge on any atom is 0.293 e. The van der Waals surface area contributed by atoms with Gasteiger partial charge in [-0.1, -0.05) is 18.2 Å². The fourth-order valence-corrected chi connectivity index (χ4v) is 4.44. The lowest BCUT2D eigenvalue weighted by molar-refractivity contribution is -0.384. The SMILES string of the molecule is O=[N+]([O-])c1cc2c(N3CCN(c4ccccc4)CC3)ncnc2cc1N1CCNCC1. The Morgan fingerprint density at radius 2 is 1.58 bits per heavy atom. The zero-order chi connectivity index (χ0) is 21.2. The molecule has 1 N–H and O–H groups in total. The molecular formula is C22H25N7O2. The topological polar surface area (TPSA) is 90.7 Å². The number of aromatic nitrogens is 2. The molecule has 2 saturated heterocycles. The van der Waals surface area contributed by atoms with Crippen LogP contribution in [0.1, 0.15) is 0 Å². The lowest BCUT2D eigenvalue weighted by atomic mass is 10.1. The van der Waals surface area contributed by atoms with Gasteiger partial charge in [-0.25, -0.2) is 9.97 Å². The lowest BCUT2D eigenvalue weighted by Gasteiger charge is -2.37. The smallest absolute Gasteiger partial charge is 0.293 e. The van der Waals surface area contributed by atoms with Crippen LogP contribution in [0.15, 0.2) is 48.8 Å². The highest BCUT2D eigenvalue weighted by Gasteiger charge is 2.26. The number of nitro benzene ring substituents is 1. The summed E-state index contributed by atoms with van der Waals surface area (Å²) in [5, 5.41) is 15.9. The van der Waals surface area contributed by atoms with Gasteiger partial charge in [-0.2, -0.15) is 0 Å². The minimum Gasteiger partial charge on any atom is -0.368 e. The summed E-state index contributed by atoms with van der Waals surface area (Å²) in [6, 6.07) is 13.9. The normalized spacial score (nSPS) is 17.2. The molecule has 3 aromatic rings. The molecule has 2 fully saturated rings. The van der Waals surface area contributed by atoms with Crippen molar-refractivity contribution in [2.24, 2.45) is 0 Å². The maximum atomic E-state index is 11.9. The highest BCUT2D eigenvalue weighted by Crippen LogP contribution is 2.36. The summed E-state index contributed by atoms with van der Waals surface area (Å²) in [6.45, 7) is 6.46. The van der Waals surface area contributed by atoms with Crippen molar-refractivity contribution in [3.8, 4) is 0 Å². The first kappa shape index (κ1) is 19.5. The van der Waals surface area contributed by atoms with Gasteiger partial charge in [0.15, 0.2) is 0 Å². The van der Waals surface area contributed by atoms with E-state index in [9.17, 15) is 10.1 Å². The van der Waals surface area contributed by atoms with Gasteiger partial charge in [0.25, 0.3) is 5.69 Å². The molecule has 0 radical (unpaired) electrons. The van der Waals surface area contributed by atoms with Crippen molar-refractivity contribution in [3.63, 3.8) is 0 Å². The Hall–Kier alpha value is -3.46. The fraction of sp³-hybridized carbons (Fsp3) is 0.364. The van der Waals surface area contributed by atoms with Crippen LogP contribution in [0.4, 0.5) is 22.9 Å². The Bertz CT molecular complexity index is 1080. The van der Waals surface area contributed by atoms with Crippen LogP contribution in [0.5, 0.6) is 0 Å². The third-order valence-corrected chi connectivity index (χ3v) is 6.07. The lowest BCUT2D eigenvalue weighted by Crippen LogP contribution is -2.47. The van der Waals surface area contributed by atoms with Crippen LogP contribution in [0.3, 0.4) is 0 Å². The first-order chi connectivity index (χ1) is 15.2. The quantitative estimate of drug-likeness (QED) is 0.509. The van der Waals surface area contributed by atoms with Gasteiger partial charge in [0.2, 0.25) is 0 Å². The van der Waals surface area contributed by atoms with Gasteiger partial charge in [-0.15, -0.1) is 0 Å². The summed E-state index contributed by atoms with van der Waals surface area (Å²) in [7, 11) is 0. The molecule has 0 saturated carbocycles. The number of rotatable bonds is 4. The molecule has 2 aromatic carbocycles. The van der Waals surface area contributed by atoms with E-state index in [0.717, 1.165) is 69.1 Å². The van der Waals surface area contributed by atoms with E-state index >= 15 is 0 Å². The van der Waals surface area contributed by atoms with Crippen molar-refractivity contribution in [2.75, 3.05) is 67.1 Å². The molecule has 5 rings (SSSR count). The van der Waals surface area contributed by atoms with Gasteiger partial charge in [0, 0.05) is 69.5 Å². The van der Waals surface area contributed by atoms with E-state index in [1.165, 1.54) is 5.69 Å². The number of nitrogens with one attached hydrogen (secondary N) is 1. The monoisotopic (exact) mass is 419 g/mol. The summed E-state index contributed by atoms with van der Waals surface area (Å²) < 4.78 is 0. The van der Waals surface area contributed by atoms with Crippen LogP contribution in [-0.2, 0) is 0 Å². The summed E-state index contributed by atoms with van der Waals surface area (Å²) in [4.78, 5) is 27.2. The standard InChI is InChI=1S/C22H25N7O2/c30-29(31)21-14-18-19(15-20(21)27-8-6-23-7-9-27)24-16-25-22(18)28-12-10-26(11-13-28)17-4-2-1-3-5-17/h1-5,14-16,23H,6-13H2. The Morgan fingerprint density at radius 1 is 0.871 bits per heavy atom. The summed E-state index contributed by atoms with van der Waals surface area (Å²) >= 11 is 0. The number of piperazine rings is 2. The van der Waals surface area contributed by atoms with Gasteiger partial charge in [0.1, 0.15) is 17.8 Å². The number of benzene rings is 2. The zero-order valence-electron chi connectivity index (χ0n) is 17.3. The van der Waals surface area contributed by atoms with Gasteiger partial charge in [0.05, 0.1) is 10.4 Å². The third-order valence-electron chi connectivity index (χ3n) is 6.07. The molecule has 0 unspecified atom stereocenters. The second kappa shape index (κ2) is 8.35. The average molecular weight is 419 g/mol. The first-order valence-electron chi connectivity index (χ1n) is 10.6. The first-order valence-corrected chi connectivity index (χ1v) is 10.6. The number of hydrogen-bond acceptors (Lipinski definition) is 8. The minimum absolute atomic E-state index is 0.119. The number of para-hydroxylation sites is 1. The molecule has 1 aromatic heterocycles. The zero-order valence-corrected chi connectivity index (χ0v) is 17.3. The molecule has 9 nitrogen and oxygen atoms in total. The highest BCUT2D eigenvalue weighted by molar-refractivity contribution is 5.95. The minimum atomic E-state index is -0.291. The number of hydrogen-bond donors (Lipinski definition) is 1. The largest absolute Gasteiger partial charge is 0.368 e. The highest BCUT2D eigenvalue weighted by atomic mass is 16.6. The molecule has 0 amide bonds. The Morgan fingerprint density at radius 3 is 2.29 bits per heavy atom. The molecule has 2 aliphatic heterocycles. The molecule has 3 heterocycles. The molecule has 2 aliphatic rings. The molecule has 0 atom stereocenters. The molecule has 31 heavy (non-hydrogen) atoms. The van der Waals surface area contributed by atoms with Crippen LogP contribution in [0, 0.1) is 10.1 Å². The molecule has 0 bridgehead atoms. The van der Waals surface area contributed by atoms with Crippen LogP contribution in [-0.4, -0.2) is 67.2 Å². The van der Waals surface area contributed by atoms with Crippen LogP contribution < -0.4 is 20.0 Å². The second-order valence-corrected chi connectivity index (χ2v) is 7.86. The fourth-order valence-electron chi connectivity index (χ4n) is 4.44. The number of anilines is 3. The second-order valence-electron chi connectivity index (χ2n) is 7.86. The van der Waals surface area contributed by atoms with E-state index in [0.29, 0.717) is 5.69 Å². The van der Waals surface area contributed by atoms with Crippen LogP contribution in [0.25, 0.3) is 10.9 Å². The summed E-state index contributed by atoms with van der Waals surface area (Å²) in [5.41, 5.74) is 2.71. The van der Waals surface area contributed by atoms with Crippen molar-refractivity contribution < 1.29 is 4.92 Å². The average Bonchev–Trinajstić information content (AvgIpc) is 2.84. The van der Waals surface area contributed by atoms with E-state index in [-0.39, 0.29) is 10.6 Å². The molecule has 0 aliphatic carbocycles. The molecular weight excluding hydrogens is 394 g/mol. The Balaban J connectivity index is 1.46. The number of nitrogens with zero attached hydrogens (tertiary/aromatic N) is 6. The van der Waals surface area contributed by atoms with Crippen molar-refractivity contribution in [1.29, 1.82) is 0 Å². The van der Waals surface area contributed by atoms with Gasteiger partial charge >= 0.3 is 0 Å². The van der Waals surface area contributed by atoms with E-state index in [1.807, 2.05) is 12.1 Å². The molecule has 0 spiro atoms. The molecule has 160 valence electrons. The van der Waals surface area contributed by atoms with Crippen molar-refractivity contribution in [3.05, 3.63) is 58.9 Å². The predicted molar refractivity (Wildman–Crippen MR) is 122 cm³/mol.